The van der Waals surface area contributed by atoms with Crippen LogP contribution in [0.2, 0.25) is 0 Å². The van der Waals surface area contributed by atoms with Crippen molar-refractivity contribution in [2.24, 2.45) is 0 Å². The summed E-state index contributed by atoms with van der Waals surface area (Å²) in [6.07, 6.45) is -2.96. The number of aliphatic hydroxyl groups excluding tert-OH is 1. The van der Waals surface area contributed by atoms with Gasteiger partial charge in [0.1, 0.15) is 18.3 Å². The predicted octanol–water partition coefficient (Wildman–Crippen LogP) is 0.461. The fourth-order valence-corrected chi connectivity index (χ4v) is 4.76. The van der Waals surface area contributed by atoms with Gasteiger partial charge in [0.2, 0.25) is 0 Å². The minimum atomic E-state index is -2.12. The topological polar surface area (TPSA) is 157 Å². The van der Waals surface area contributed by atoms with Crippen molar-refractivity contribution in [3.8, 4) is 0 Å². The summed E-state index contributed by atoms with van der Waals surface area (Å²) in [5.74, 6) is -2.55. The molecule has 2 saturated heterocycles. The van der Waals surface area contributed by atoms with E-state index in [0.717, 1.165) is 0 Å². The third kappa shape index (κ3) is 3.62. The number of nitro groups is 1. The van der Waals surface area contributed by atoms with E-state index in [0.29, 0.717) is 17.0 Å². The zero-order valence-electron chi connectivity index (χ0n) is 18.2. The molecule has 0 spiro atoms. The molecule has 3 heterocycles. The molecule has 3 aliphatic heterocycles. The molecular weight excluding hydrogens is 436 g/mol. The summed E-state index contributed by atoms with van der Waals surface area (Å²) in [4.78, 5) is 37.4. The molecule has 4 rings (SSSR count). The number of esters is 1. The van der Waals surface area contributed by atoms with E-state index in [1.807, 2.05) is 0 Å². The van der Waals surface area contributed by atoms with Gasteiger partial charge < -0.3 is 29.7 Å². The van der Waals surface area contributed by atoms with E-state index in [9.17, 15) is 29.9 Å². The largest absolute Gasteiger partial charge is 0.466 e. The summed E-state index contributed by atoms with van der Waals surface area (Å²) in [6.45, 7) is 2.73. The maximum Gasteiger partial charge on any atom is 0.336 e. The maximum atomic E-state index is 13.8. The Kier molecular flexibility index (Phi) is 5.83. The molecule has 0 saturated carbocycles. The van der Waals surface area contributed by atoms with Crippen molar-refractivity contribution < 1.29 is 38.9 Å². The summed E-state index contributed by atoms with van der Waals surface area (Å²) < 4.78 is 15.9. The van der Waals surface area contributed by atoms with E-state index < -0.39 is 53.1 Å². The van der Waals surface area contributed by atoms with E-state index in [-0.39, 0.29) is 23.4 Å². The molecule has 1 unspecified atom stereocenters. The molecule has 1 aromatic rings. The first kappa shape index (κ1) is 23.1. The fraction of sp³-hybridized carbons (Fsp3) is 0.455. The number of dihydropyridines is 1. The predicted molar refractivity (Wildman–Crippen MR) is 112 cm³/mol. The summed E-state index contributed by atoms with van der Waals surface area (Å²) >= 11 is 0. The number of nitrogens with one attached hydrogen (secondary N) is 1. The summed E-state index contributed by atoms with van der Waals surface area (Å²) in [6, 6.07) is 5.60. The Balaban J connectivity index is 1.86. The second-order valence-electron chi connectivity index (χ2n) is 8.33. The second-order valence-corrected chi connectivity index (χ2v) is 8.33. The van der Waals surface area contributed by atoms with Crippen molar-refractivity contribution >= 4 is 17.4 Å². The minimum absolute atomic E-state index is 0.0261. The summed E-state index contributed by atoms with van der Waals surface area (Å²) in [5, 5.41) is 35.8. The first-order chi connectivity index (χ1) is 15.6. The number of benzene rings is 1. The van der Waals surface area contributed by atoms with Crippen LogP contribution in [0.15, 0.2) is 46.8 Å². The Morgan fingerprint density at radius 2 is 1.94 bits per heavy atom. The van der Waals surface area contributed by atoms with E-state index in [4.69, 9.17) is 14.2 Å². The highest BCUT2D eigenvalue weighted by molar-refractivity contribution is 6.08. The number of hydrogen-bond donors (Lipinski definition) is 3. The first-order valence-electron chi connectivity index (χ1n) is 10.3. The zero-order valence-corrected chi connectivity index (χ0v) is 18.2. The van der Waals surface area contributed by atoms with Crippen molar-refractivity contribution in [2.75, 3.05) is 20.3 Å². The van der Waals surface area contributed by atoms with Crippen LogP contribution in [0.5, 0.6) is 0 Å². The van der Waals surface area contributed by atoms with Gasteiger partial charge in [0.15, 0.2) is 11.4 Å². The van der Waals surface area contributed by atoms with Gasteiger partial charge in [0, 0.05) is 35.0 Å². The van der Waals surface area contributed by atoms with Crippen molar-refractivity contribution in [2.45, 2.75) is 43.7 Å². The molecular formula is C22H24N2O9. The molecule has 2 fully saturated rings. The lowest BCUT2D eigenvalue weighted by atomic mass is 9.74. The number of Topliss-reactive ketones (excluding diaryl/α,β-unsaturated/α-hetero) is 1. The lowest BCUT2D eigenvalue weighted by molar-refractivity contribution is -0.384. The van der Waals surface area contributed by atoms with Crippen LogP contribution in [0.4, 0.5) is 5.69 Å². The first-order valence-corrected chi connectivity index (χ1v) is 10.3. The number of rotatable bonds is 5. The molecule has 0 bridgehead atoms. The molecule has 11 heteroatoms. The standard InChI is InChI=1S/C22H24N2O9/c1-10-15(19(26)22(28)9-33-18-14(25)8-32-20(18)22)17(16(11(2)23-10)21(27)31-3)12-5-4-6-13(7-12)24(29)30/h4-7,14,17-18,20,23,25,28H,8-9H2,1-3H3/t14-,17?,18+,20-,22-/m0/s1. The maximum absolute atomic E-state index is 13.8. The van der Waals surface area contributed by atoms with E-state index >= 15 is 0 Å². The van der Waals surface area contributed by atoms with Gasteiger partial charge in [-0.15, -0.1) is 0 Å². The van der Waals surface area contributed by atoms with E-state index in [1.54, 1.807) is 19.9 Å². The van der Waals surface area contributed by atoms with Gasteiger partial charge in [-0.2, -0.15) is 0 Å². The fourth-order valence-electron chi connectivity index (χ4n) is 4.76. The van der Waals surface area contributed by atoms with Crippen molar-refractivity contribution in [1.29, 1.82) is 0 Å². The van der Waals surface area contributed by atoms with Crippen molar-refractivity contribution in [1.82, 2.24) is 5.32 Å². The van der Waals surface area contributed by atoms with Gasteiger partial charge in [0.05, 0.1) is 30.8 Å². The normalized spacial score (nSPS) is 31.3. The average Bonchev–Trinajstić information content (AvgIpc) is 3.33. The number of carbonyl (C=O) groups excluding carboxylic acids is 2. The van der Waals surface area contributed by atoms with Gasteiger partial charge >= 0.3 is 5.97 Å². The van der Waals surface area contributed by atoms with Crippen molar-refractivity contribution in [3.63, 3.8) is 0 Å². The van der Waals surface area contributed by atoms with Crippen LogP contribution in [0.25, 0.3) is 0 Å². The number of methoxy groups -OCH3 is 1. The van der Waals surface area contributed by atoms with Crippen LogP contribution in [0.1, 0.15) is 25.3 Å². The number of fused-ring (bicyclic) bond motifs is 1. The smallest absolute Gasteiger partial charge is 0.336 e. The van der Waals surface area contributed by atoms with Gasteiger partial charge in [0.25, 0.3) is 5.69 Å². The van der Waals surface area contributed by atoms with Crippen LogP contribution in [-0.4, -0.2) is 71.1 Å². The number of non-ortho nitro benzene ring substituents is 1. The minimum Gasteiger partial charge on any atom is -0.466 e. The third-order valence-corrected chi connectivity index (χ3v) is 6.31. The van der Waals surface area contributed by atoms with E-state index in [2.05, 4.69) is 5.32 Å². The summed E-state index contributed by atoms with van der Waals surface area (Å²) in [5.41, 5.74) is -1.16. The Morgan fingerprint density at radius 3 is 2.61 bits per heavy atom. The Labute approximate surface area is 188 Å². The number of aliphatic hydroxyl groups is 2. The molecule has 33 heavy (non-hydrogen) atoms. The molecule has 0 amide bonds. The molecule has 0 radical (unpaired) electrons. The monoisotopic (exact) mass is 460 g/mol. The van der Waals surface area contributed by atoms with Crippen LogP contribution < -0.4 is 5.32 Å². The number of nitrogens with zero attached hydrogens (tertiary/aromatic N) is 1. The van der Waals surface area contributed by atoms with E-state index in [1.165, 1.54) is 25.3 Å². The van der Waals surface area contributed by atoms with Crippen LogP contribution in [0.3, 0.4) is 0 Å². The highest BCUT2D eigenvalue weighted by Gasteiger charge is 2.61. The Morgan fingerprint density at radius 1 is 1.24 bits per heavy atom. The molecule has 3 aliphatic rings. The van der Waals surface area contributed by atoms with Crippen molar-refractivity contribution in [3.05, 3.63) is 62.5 Å². The zero-order chi connectivity index (χ0) is 24.1. The number of hydrogen-bond acceptors (Lipinski definition) is 10. The molecule has 0 aliphatic carbocycles. The molecule has 3 N–H and O–H groups in total. The molecule has 0 aromatic heterocycles. The lowest BCUT2D eigenvalue weighted by Crippen LogP contribution is -2.52. The molecule has 1 aromatic carbocycles. The Hall–Kier alpha value is -3.12. The molecule has 11 nitrogen and oxygen atoms in total. The average molecular weight is 460 g/mol. The number of ketones is 1. The van der Waals surface area contributed by atoms with Crippen LogP contribution >= 0.6 is 0 Å². The second kappa shape index (κ2) is 8.34. The third-order valence-electron chi connectivity index (χ3n) is 6.31. The SMILES string of the molecule is COC(=O)C1=C(C)NC(C)=C(C(=O)[C@@]2(O)CO[C@@H]3[C@@H](O)CO[C@@H]32)C1c1cccc([N+](=O)[O-])c1. The van der Waals surface area contributed by atoms with Crippen LogP contribution in [0, 0.1) is 10.1 Å². The highest BCUT2D eigenvalue weighted by Crippen LogP contribution is 2.44. The van der Waals surface area contributed by atoms with Gasteiger partial charge in [-0.25, -0.2) is 4.79 Å². The lowest BCUT2D eigenvalue weighted by Gasteiger charge is -2.34. The van der Waals surface area contributed by atoms with Gasteiger partial charge in [-0.1, -0.05) is 12.1 Å². The number of nitro benzene ring substituents is 1. The number of allylic oxidation sites excluding steroid dienone is 2. The van der Waals surface area contributed by atoms with Crippen LogP contribution in [-0.2, 0) is 23.8 Å². The summed E-state index contributed by atoms with van der Waals surface area (Å²) in [7, 11) is 1.19. The molecule has 176 valence electrons. The Bertz CT molecular complexity index is 1100. The molecule has 5 atom stereocenters. The number of carbonyl (C=O) groups is 2. The highest BCUT2D eigenvalue weighted by atomic mass is 16.6. The van der Waals surface area contributed by atoms with Gasteiger partial charge in [-0.3, -0.25) is 14.9 Å². The quantitative estimate of drug-likeness (QED) is 0.320. The number of ether oxygens (including phenoxy) is 3. The van der Waals surface area contributed by atoms with Gasteiger partial charge in [-0.05, 0) is 19.4 Å².